The molecular formula is C32H35F6NO3. The third-order valence-corrected chi connectivity index (χ3v) is 6.97. The summed E-state index contributed by atoms with van der Waals surface area (Å²) in [6.45, 7) is 9.39. The van der Waals surface area contributed by atoms with Crippen molar-refractivity contribution in [3.05, 3.63) is 88.0 Å². The molecule has 0 N–H and O–H groups in total. The smallest absolute Gasteiger partial charge is 0.416 e. The first-order valence-electron chi connectivity index (χ1n) is 13.3. The first-order valence-corrected chi connectivity index (χ1v) is 13.3. The Kier molecular flexibility index (Phi) is 9.59. The summed E-state index contributed by atoms with van der Waals surface area (Å²) in [4.78, 5) is 14.0. The van der Waals surface area contributed by atoms with Crippen molar-refractivity contribution in [2.45, 2.75) is 71.4 Å². The number of hydrogen-bond donors (Lipinski definition) is 0. The number of nitrogens with zero attached hydrogens (tertiary/aromatic N) is 1. The number of rotatable bonds is 7. The second kappa shape index (κ2) is 12.3. The summed E-state index contributed by atoms with van der Waals surface area (Å²) in [6.07, 6.45) is -10.9. The molecule has 1 amide bonds. The normalized spacial score (nSPS) is 12.4. The molecule has 0 aromatic heterocycles. The minimum Gasteiger partial charge on any atom is -0.496 e. The number of halogens is 6. The largest absolute Gasteiger partial charge is 0.496 e. The molecule has 0 heterocycles. The van der Waals surface area contributed by atoms with E-state index in [0.29, 0.717) is 29.0 Å². The maximum absolute atomic E-state index is 13.5. The summed E-state index contributed by atoms with van der Waals surface area (Å²) < 4.78 is 91.6. The van der Waals surface area contributed by atoms with Crippen LogP contribution in [0.25, 0.3) is 11.1 Å². The van der Waals surface area contributed by atoms with Gasteiger partial charge in [0.15, 0.2) is 0 Å². The predicted octanol–water partition coefficient (Wildman–Crippen LogP) is 9.59. The van der Waals surface area contributed by atoms with E-state index in [1.54, 1.807) is 0 Å². The monoisotopic (exact) mass is 595 g/mol. The molecule has 0 aliphatic carbocycles. The van der Waals surface area contributed by atoms with Crippen molar-refractivity contribution in [2.75, 3.05) is 14.2 Å². The number of alkyl halides is 6. The van der Waals surface area contributed by atoms with E-state index in [1.165, 1.54) is 7.11 Å². The van der Waals surface area contributed by atoms with Gasteiger partial charge in [-0.15, -0.1) is 0 Å². The topological polar surface area (TPSA) is 38.8 Å². The molecule has 0 atom stereocenters. The third kappa shape index (κ3) is 7.77. The van der Waals surface area contributed by atoms with Gasteiger partial charge in [0.2, 0.25) is 0 Å². The Labute approximate surface area is 242 Å². The van der Waals surface area contributed by atoms with Crippen molar-refractivity contribution in [2.24, 2.45) is 0 Å². The standard InChI is InChI=1S/C32H35F6NO3/c1-19(2)21-8-11-28(41-6)27(15-21)26-10-9-23(30(3,4)5)14-22(26)18-39(29(40)42-7)17-20-12-24(31(33,34)35)16-25(13-20)32(36,37)38/h8-16,19H,17-18H2,1-7H3. The Morgan fingerprint density at radius 1 is 0.762 bits per heavy atom. The van der Waals surface area contributed by atoms with E-state index in [1.807, 2.05) is 71.0 Å². The fourth-order valence-electron chi connectivity index (χ4n) is 4.60. The van der Waals surface area contributed by atoms with E-state index in [-0.39, 0.29) is 29.5 Å². The molecule has 0 saturated heterocycles. The van der Waals surface area contributed by atoms with E-state index >= 15 is 0 Å². The molecule has 228 valence electrons. The van der Waals surface area contributed by atoms with E-state index in [9.17, 15) is 31.1 Å². The van der Waals surface area contributed by atoms with Crippen LogP contribution in [-0.2, 0) is 35.6 Å². The molecule has 0 radical (unpaired) electrons. The van der Waals surface area contributed by atoms with Crippen LogP contribution in [0.5, 0.6) is 5.75 Å². The average Bonchev–Trinajstić information content (AvgIpc) is 2.90. The molecule has 42 heavy (non-hydrogen) atoms. The summed E-state index contributed by atoms with van der Waals surface area (Å²) >= 11 is 0. The Hall–Kier alpha value is -3.69. The summed E-state index contributed by atoms with van der Waals surface area (Å²) in [5.74, 6) is 0.767. The Bertz CT molecular complexity index is 1390. The van der Waals surface area contributed by atoms with Crippen LogP contribution < -0.4 is 4.74 Å². The Balaban J connectivity index is 2.20. The van der Waals surface area contributed by atoms with E-state index in [2.05, 4.69) is 0 Å². The van der Waals surface area contributed by atoms with Gasteiger partial charge >= 0.3 is 18.4 Å². The highest BCUT2D eigenvalue weighted by atomic mass is 19.4. The molecule has 10 heteroatoms. The van der Waals surface area contributed by atoms with Gasteiger partial charge in [-0.2, -0.15) is 26.3 Å². The molecule has 0 bridgehead atoms. The highest BCUT2D eigenvalue weighted by Crippen LogP contribution is 2.39. The molecule has 0 aliphatic heterocycles. The van der Waals surface area contributed by atoms with Crippen molar-refractivity contribution < 1.29 is 40.6 Å². The van der Waals surface area contributed by atoms with Crippen molar-refractivity contribution >= 4 is 6.09 Å². The molecule has 0 aliphatic rings. The summed E-state index contributed by atoms with van der Waals surface area (Å²) in [5, 5.41) is 0. The number of benzene rings is 3. The SMILES string of the molecule is COC(=O)N(Cc1cc(C(F)(F)F)cc(C(F)(F)F)c1)Cc1cc(C(C)(C)C)ccc1-c1cc(C(C)C)ccc1OC. The van der Waals surface area contributed by atoms with Crippen LogP contribution >= 0.6 is 0 Å². The van der Waals surface area contributed by atoms with Gasteiger partial charge in [-0.1, -0.05) is 58.9 Å². The lowest BCUT2D eigenvalue weighted by Gasteiger charge is -2.27. The third-order valence-electron chi connectivity index (χ3n) is 6.97. The number of hydrogen-bond acceptors (Lipinski definition) is 3. The molecule has 3 aromatic rings. The second-order valence-electron chi connectivity index (χ2n) is 11.5. The molecule has 3 rings (SSSR count). The zero-order valence-electron chi connectivity index (χ0n) is 24.6. The van der Waals surface area contributed by atoms with Crippen LogP contribution in [0, 0.1) is 0 Å². The molecule has 3 aromatic carbocycles. The van der Waals surface area contributed by atoms with E-state index < -0.39 is 36.1 Å². The van der Waals surface area contributed by atoms with Crippen molar-refractivity contribution in [1.29, 1.82) is 0 Å². The van der Waals surface area contributed by atoms with Gasteiger partial charge in [0, 0.05) is 18.7 Å². The fraction of sp³-hybridized carbons (Fsp3) is 0.406. The van der Waals surface area contributed by atoms with Crippen LogP contribution in [0.2, 0.25) is 0 Å². The maximum atomic E-state index is 13.5. The predicted molar refractivity (Wildman–Crippen MR) is 149 cm³/mol. The molecular weight excluding hydrogens is 560 g/mol. The number of amides is 1. The van der Waals surface area contributed by atoms with E-state index in [4.69, 9.17) is 9.47 Å². The average molecular weight is 596 g/mol. The summed E-state index contributed by atoms with van der Waals surface area (Å²) in [5.41, 5.74) is 0.471. The van der Waals surface area contributed by atoms with Crippen LogP contribution in [0.4, 0.5) is 31.1 Å². The van der Waals surface area contributed by atoms with Gasteiger partial charge in [-0.3, -0.25) is 4.90 Å². The molecule has 0 spiro atoms. The molecule has 0 fully saturated rings. The summed E-state index contributed by atoms with van der Waals surface area (Å²) in [7, 11) is 2.63. The number of carbonyl (C=O) groups is 1. The van der Waals surface area contributed by atoms with Crippen LogP contribution in [-0.4, -0.2) is 25.2 Å². The highest BCUT2D eigenvalue weighted by Gasteiger charge is 2.37. The lowest BCUT2D eigenvalue weighted by molar-refractivity contribution is -0.143. The molecule has 4 nitrogen and oxygen atoms in total. The number of ether oxygens (including phenoxy) is 2. The minimum absolute atomic E-state index is 0.0604. The van der Waals surface area contributed by atoms with Gasteiger partial charge in [-0.05, 0) is 69.5 Å². The van der Waals surface area contributed by atoms with Gasteiger partial charge in [0.05, 0.1) is 25.3 Å². The number of methoxy groups -OCH3 is 2. The van der Waals surface area contributed by atoms with Crippen LogP contribution in [0.1, 0.15) is 73.9 Å². The second-order valence-corrected chi connectivity index (χ2v) is 11.5. The van der Waals surface area contributed by atoms with Crippen LogP contribution in [0.3, 0.4) is 0 Å². The number of carbonyl (C=O) groups excluding carboxylic acids is 1. The Morgan fingerprint density at radius 3 is 1.83 bits per heavy atom. The quantitative estimate of drug-likeness (QED) is 0.255. The minimum atomic E-state index is -5.02. The van der Waals surface area contributed by atoms with E-state index in [0.717, 1.165) is 28.7 Å². The van der Waals surface area contributed by atoms with Gasteiger partial charge in [0.1, 0.15) is 5.75 Å². The first-order chi connectivity index (χ1) is 19.3. The van der Waals surface area contributed by atoms with Crippen molar-refractivity contribution in [3.8, 4) is 16.9 Å². The van der Waals surface area contributed by atoms with Gasteiger partial charge in [0.25, 0.3) is 0 Å². The van der Waals surface area contributed by atoms with Crippen molar-refractivity contribution in [1.82, 2.24) is 4.90 Å². The van der Waals surface area contributed by atoms with Crippen molar-refractivity contribution in [3.63, 3.8) is 0 Å². The zero-order chi connectivity index (χ0) is 31.6. The fourth-order valence-corrected chi connectivity index (χ4v) is 4.60. The van der Waals surface area contributed by atoms with Gasteiger partial charge in [-0.25, -0.2) is 4.79 Å². The maximum Gasteiger partial charge on any atom is 0.416 e. The molecule has 0 saturated carbocycles. The molecule has 0 unspecified atom stereocenters. The van der Waals surface area contributed by atoms with Crippen LogP contribution in [0.15, 0.2) is 54.6 Å². The first kappa shape index (κ1) is 32.8. The lowest BCUT2D eigenvalue weighted by atomic mass is 9.83. The lowest BCUT2D eigenvalue weighted by Crippen LogP contribution is -2.30. The highest BCUT2D eigenvalue weighted by molar-refractivity contribution is 5.76. The Morgan fingerprint density at radius 2 is 1.36 bits per heavy atom. The van der Waals surface area contributed by atoms with Gasteiger partial charge < -0.3 is 9.47 Å². The zero-order valence-corrected chi connectivity index (χ0v) is 24.6. The summed E-state index contributed by atoms with van der Waals surface area (Å²) in [6, 6.07) is 12.8.